The molecule has 1 aromatic carbocycles. The SMILES string of the molecule is O=C(CCC(=O)c1ccc(Cl)s1)Nc1ccc(NC(=O)CCN2C(=O)CNC2=O)cc1. The molecule has 31 heavy (non-hydrogen) atoms. The van der Waals surface area contributed by atoms with Crippen LogP contribution in [0.3, 0.4) is 0 Å². The van der Waals surface area contributed by atoms with E-state index in [1.165, 1.54) is 11.3 Å². The predicted octanol–water partition coefficient (Wildman–Crippen LogP) is 2.88. The molecule has 5 amide bonds. The number of Topliss-reactive ketones (excluding diaryl/α,β-unsaturated/α-hetero) is 1. The van der Waals surface area contributed by atoms with E-state index in [1.54, 1.807) is 36.4 Å². The van der Waals surface area contributed by atoms with Crippen LogP contribution in [-0.2, 0) is 14.4 Å². The molecule has 162 valence electrons. The number of ketones is 1. The van der Waals surface area contributed by atoms with E-state index in [9.17, 15) is 24.0 Å². The molecule has 0 saturated carbocycles. The molecule has 0 atom stereocenters. The van der Waals surface area contributed by atoms with Crippen LogP contribution < -0.4 is 16.0 Å². The molecule has 2 aromatic rings. The lowest BCUT2D eigenvalue weighted by atomic mass is 10.2. The molecule has 1 saturated heterocycles. The molecule has 0 spiro atoms. The van der Waals surface area contributed by atoms with Crippen molar-refractivity contribution in [2.75, 3.05) is 23.7 Å². The Morgan fingerprint density at radius 1 is 0.935 bits per heavy atom. The van der Waals surface area contributed by atoms with Crippen LogP contribution in [0.5, 0.6) is 0 Å². The summed E-state index contributed by atoms with van der Waals surface area (Å²) in [7, 11) is 0. The van der Waals surface area contributed by atoms with Crippen LogP contribution in [0, 0.1) is 0 Å². The van der Waals surface area contributed by atoms with Crippen LogP contribution in [0.25, 0.3) is 0 Å². The van der Waals surface area contributed by atoms with E-state index in [4.69, 9.17) is 11.6 Å². The molecule has 3 N–H and O–H groups in total. The largest absolute Gasteiger partial charge is 0.329 e. The highest BCUT2D eigenvalue weighted by atomic mass is 35.5. The van der Waals surface area contributed by atoms with Crippen molar-refractivity contribution in [3.05, 3.63) is 45.6 Å². The summed E-state index contributed by atoms with van der Waals surface area (Å²) in [5.74, 6) is -1.16. The van der Waals surface area contributed by atoms with Gasteiger partial charge in [0.25, 0.3) is 0 Å². The summed E-state index contributed by atoms with van der Waals surface area (Å²) < 4.78 is 0.523. The number of nitrogens with zero attached hydrogens (tertiary/aromatic N) is 1. The van der Waals surface area contributed by atoms with E-state index in [0.29, 0.717) is 20.6 Å². The van der Waals surface area contributed by atoms with Crippen LogP contribution in [0.15, 0.2) is 36.4 Å². The number of nitrogens with one attached hydrogen (secondary N) is 3. The fourth-order valence-electron chi connectivity index (χ4n) is 2.79. The molecule has 0 unspecified atom stereocenters. The Kier molecular flexibility index (Phi) is 7.37. The van der Waals surface area contributed by atoms with Crippen LogP contribution in [0.2, 0.25) is 4.34 Å². The van der Waals surface area contributed by atoms with Crippen LogP contribution >= 0.6 is 22.9 Å². The van der Waals surface area contributed by atoms with Crippen molar-refractivity contribution in [3.8, 4) is 0 Å². The molecular formula is C20H19ClN4O5S. The second-order valence-electron chi connectivity index (χ2n) is 6.65. The van der Waals surface area contributed by atoms with Gasteiger partial charge in [-0.15, -0.1) is 11.3 Å². The van der Waals surface area contributed by atoms with Gasteiger partial charge in [0.15, 0.2) is 5.78 Å². The Labute approximate surface area is 186 Å². The number of imide groups is 1. The lowest BCUT2D eigenvalue weighted by Crippen LogP contribution is -2.33. The molecule has 1 aliphatic rings. The maximum atomic E-state index is 12.1. The van der Waals surface area contributed by atoms with Crippen molar-refractivity contribution < 1.29 is 24.0 Å². The molecule has 0 aliphatic carbocycles. The Balaban J connectivity index is 1.41. The quantitative estimate of drug-likeness (QED) is 0.390. The first-order chi connectivity index (χ1) is 14.8. The first-order valence-corrected chi connectivity index (χ1v) is 10.6. The Morgan fingerprint density at radius 3 is 2.06 bits per heavy atom. The first kappa shape index (κ1) is 22.4. The number of anilines is 2. The van der Waals surface area contributed by atoms with E-state index in [-0.39, 0.29) is 55.9 Å². The minimum absolute atomic E-state index is 0.00103. The zero-order valence-corrected chi connectivity index (χ0v) is 17.8. The number of hydrogen-bond donors (Lipinski definition) is 3. The van der Waals surface area contributed by atoms with Gasteiger partial charge in [0.05, 0.1) is 15.8 Å². The standard InChI is InChI=1S/C20H19ClN4O5S/c21-16-7-6-15(31-16)14(26)5-8-17(27)23-12-1-3-13(4-2-12)24-18(28)9-10-25-19(29)11-22-20(25)30/h1-4,6-7H,5,8-11H2,(H,22,30)(H,23,27)(H,24,28). The fourth-order valence-corrected chi connectivity index (χ4v) is 3.80. The molecule has 2 heterocycles. The number of carbonyl (C=O) groups excluding carboxylic acids is 5. The molecular weight excluding hydrogens is 444 g/mol. The lowest BCUT2D eigenvalue weighted by Gasteiger charge is -2.12. The molecule has 1 aliphatic heterocycles. The van der Waals surface area contributed by atoms with E-state index < -0.39 is 6.03 Å². The van der Waals surface area contributed by atoms with Crippen LogP contribution in [0.1, 0.15) is 28.9 Å². The summed E-state index contributed by atoms with van der Waals surface area (Å²) in [5.41, 5.74) is 1.03. The highest BCUT2D eigenvalue weighted by Gasteiger charge is 2.28. The number of thiophene rings is 1. The maximum Gasteiger partial charge on any atom is 0.324 e. The van der Waals surface area contributed by atoms with Crippen molar-refractivity contribution in [1.82, 2.24) is 10.2 Å². The molecule has 3 rings (SSSR count). The second-order valence-corrected chi connectivity index (χ2v) is 8.37. The minimum atomic E-state index is -0.501. The van der Waals surface area contributed by atoms with Gasteiger partial charge in [0, 0.05) is 37.2 Å². The molecule has 9 nitrogen and oxygen atoms in total. The molecule has 11 heteroatoms. The Hall–Kier alpha value is -3.24. The summed E-state index contributed by atoms with van der Waals surface area (Å²) in [6, 6.07) is 9.23. The van der Waals surface area contributed by atoms with Gasteiger partial charge in [0.1, 0.15) is 0 Å². The number of benzene rings is 1. The van der Waals surface area contributed by atoms with Gasteiger partial charge in [-0.05, 0) is 36.4 Å². The van der Waals surface area contributed by atoms with Crippen LogP contribution in [-0.4, -0.2) is 47.5 Å². The molecule has 0 bridgehead atoms. The number of carbonyl (C=O) groups is 5. The third-order valence-corrected chi connectivity index (χ3v) is 5.65. The average Bonchev–Trinajstić information content (AvgIpc) is 3.31. The van der Waals surface area contributed by atoms with E-state index in [2.05, 4.69) is 16.0 Å². The highest BCUT2D eigenvalue weighted by molar-refractivity contribution is 7.18. The number of rotatable bonds is 9. The monoisotopic (exact) mass is 462 g/mol. The normalized spacial score (nSPS) is 13.1. The van der Waals surface area contributed by atoms with Gasteiger partial charge in [-0.1, -0.05) is 11.6 Å². The summed E-state index contributed by atoms with van der Waals surface area (Å²) in [6.07, 6.45) is 0.0884. The van der Waals surface area contributed by atoms with Crippen LogP contribution in [0.4, 0.5) is 16.2 Å². The number of halogens is 1. The first-order valence-electron chi connectivity index (χ1n) is 9.38. The Bertz CT molecular complexity index is 1000. The second kappa shape index (κ2) is 10.2. The third-order valence-electron chi connectivity index (χ3n) is 4.38. The molecule has 1 aromatic heterocycles. The van der Waals surface area contributed by atoms with Crippen molar-refractivity contribution in [2.45, 2.75) is 19.3 Å². The Morgan fingerprint density at radius 2 is 1.55 bits per heavy atom. The van der Waals surface area contributed by atoms with Gasteiger partial charge in [-0.3, -0.25) is 24.1 Å². The summed E-state index contributed by atoms with van der Waals surface area (Å²) in [6.45, 7) is -0.0504. The average molecular weight is 463 g/mol. The summed E-state index contributed by atoms with van der Waals surface area (Å²) in [4.78, 5) is 60.6. The van der Waals surface area contributed by atoms with Gasteiger partial charge in [-0.25, -0.2) is 4.79 Å². The third kappa shape index (κ3) is 6.37. The number of hydrogen-bond acceptors (Lipinski definition) is 6. The molecule has 0 radical (unpaired) electrons. The lowest BCUT2D eigenvalue weighted by molar-refractivity contribution is -0.125. The zero-order chi connectivity index (χ0) is 22.4. The molecule has 1 fully saturated rings. The minimum Gasteiger partial charge on any atom is -0.329 e. The van der Waals surface area contributed by atoms with Crippen molar-refractivity contribution in [1.29, 1.82) is 0 Å². The van der Waals surface area contributed by atoms with Crippen molar-refractivity contribution >= 4 is 63.8 Å². The summed E-state index contributed by atoms with van der Waals surface area (Å²) >= 11 is 6.99. The topological polar surface area (TPSA) is 125 Å². The van der Waals surface area contributed by atoms with Crippen molar-refractivity contribution in [3.63, 3.8) is 0 Å². The van der Waals surface area contributed by atoms with E-state index in [0.717, 1.165) is 4.90 Å². The van der Waals surface area contributed by atoms with Gasteiger partial charge in [0.2, 0.25) is 17.7 Å². The van der Waals surface area contributed by atoms with E-state index >= 15 is 0 Å². The zero-order valence-electron chi connectivity index (χ0n) is 16.3. The van der Waals surface area contributed by atoms with Gasteiger partial charge in [-0.2, -0.15) is 0 Å². The predicted molar refractivity (Wildman–Crippen MR) is 116 cm³/mol. The van der Waals surface area contributed by atoms with Crippen molar-refractivity contribution in [2.24, 2.45) is 0 Å². The van der Waals surface area contributed by atoms with Gasteiger partial charge >= 0.3 is 6.03 Å². The smallest absolute Gasteiger partial charge is 0.324 e. The highest BCUT2D eigenvalue weighted by Crippen LogP contribution is 2.23. The number of urea groups is 1. The van der Waals surface area contributed by atoms with E-state index in [1.807, 2.05) is 0 Å². The number of amides is 5. The maximum absolute atomic E-state index is 12.1. The summed E-state index contributed by atoms with van der Waals surface area (Å²) in [5, 5.41) is 7.74. The van der Waals surface area contributed by atoms with Gasteiger partial charge < -0.3 is 16.0 Å². The fraction of sp³-hybridized carbons (Fsp3) is 0.250.